The predicted octanol–water partition coefficient (Wildman–Crippen LogP) is 0.728. The van der Waals surface area contributed by atoms with E-state index in [4.69, 9.17) is 4.52 Å². The van der Waals surface area contributed by atoms with Gasteiger partial charge in [-0.25, -0.2) is 15.0 Å². The van der Waals surface area contributed by atoms with Crippen LogP contribution in [0.25, 0.3) is 22.6 Å². The van der Waals surface area contributed by atoms with Crippen LogP contribution in [0, 0.1) is 0 Å². The zero-order valence-electron chi connectivity index (χ0n) is 12.2. The quantitative estimate of drug-likeness (QED) is 0.561. The number of hydrogen-bond donors (Lipinski definition) is 2. The molecule has 0 saturated carbocycles. The van der Waals surface area contributed by atoms with Gasteiger partial charge in [0.15, 0.2) is 0 Å². The second-order valence-electron chi connectivity index (χ2n) is 4.77. The molecule has 0 fully saturated rings. The average Bonchev–Trinajstić information content (AvgIpc) is 3.27. The first-order valence-electron chi connectivity index (χ1n) is 6.97. The molecule has 0 atom stereocenters. The van der Waals surface area contributed by atoms with E-state index in [0.29, 0.717) is 28.4 Å². The monoisotopic (exact) mass is 322 g/mol. The summed E-state index contributed by atoms with van der Waals surface area (Å²) < 4.78 is 5.05. The van der Waals surface area contributed by atoms with Crippen LogP contribution < -0.4 is 5.32 Å². The van der Waals surface area contributed by atoms with Crippen molar-refractivity contribution < 1.29 is 9.32 Å². The molecular formula is C14H10N8O2. The van der Waals surface area contributed by atoms with Gasteiger partial charge in [0.25, 0.3) is 5.91 Å². The van der Waals surface area contributed by atoms with Gasteiger partial charge >= 0.3 is 0 Å². The number of aromatic amines is 1. The molecule has 118 valence electrons. The van der Waals surface area contributed by atoms with Gasteiger partial charge in [-0.3, -0.25) is 14.9 Å². The highest BCUT2D eigenvalue weighted by Gasteiger charge is 2.17. The fourth-order valence-corrected chi connectivity index (χ4v) is 2.10. The van der Waals surface area contributed by atoms with Crippen molar-refractivity contribution in [2.24, 2.45) is 0 Å². The van der Waals surface area contributed by atoms with Crippen LogP contribution in [0.2, 0.25) is 0 Å². The molecule has 1 amide bonds. The summed E-state index contributed by atoms with van der Waals surface area (Å²) >= 11 is 0. The van der Waals surface area contributed by atoms with E-state index < -0.39 is 5.91 Å². The second kappa shape index (κ2) is 5.83. The molecule has 0 spiro atoms. The standard InChI is InChI=1S/C14H10N8O2/c23-14(11-8-2-1-3-17-12(8)22-24-11)18-7-10-19-13(21-20-10)9-6-15-4-5-16-9/h1-6H,7H2,(H,18,23)(H,19,20,21). The van der Waals surface area contributed by atoms with Crippen molar-refractivity contribution in [3.63, 3.8) is 0 Å². The normalized spacial score (nSPS) is 10.8. The van der Waals surface area contributed by atoms with Gasteiger partial charge in [-0.2, -0.15) is 5.10 Å². The number of pyridine rings is 1. The fourth-order valence-electron chi connectivity index (χ4n) is 2.10. The van der Waals surface area contributed by atoms with Gasteiger partial charge in [0.2, 0.25) is 17.2 Å². The van der Waals surface area contributed by atoms with E-state index in [2.05, 4.69) is 40.6 Å². The minimum absolute atomic E-state index is 0.103. The molecule has 4 aromatic heterocycles. The van der Waals surface area contributed by atoms with Crippen molar-refractivity contribution in [2.45, 2.75) is 6.54 Å². The molecule has 10 nitrogen and oxygen atoms in total. The number of carbonyl (C=O) groups is 1. The highest BCUT2D eigenvalue weighted by molar-refractivity contribution is 6.02. The van der Waals surface area contributed by atoms with E-state index in [1.807, 2.05) is 0 Å². The first kappa shape index (κ1) is 13.9. The molecule has 4 heterocycles. The Hall–Kier alpha value is -3.69. The molecule has 0 aliphatic carbocycles. The van der Waals surface area contributed by atoms with Crippen LogP contribution in [0.3, 0.4) is 0 Å². The number of aromatic nitrogens is 7. The zero-order chi connectivity index (χ0) is 16.4. The third kappa shape index (κ3) is 2.56. The summed E-state index contributed by atoms with van der Waals surface area (Å²) in [5.41, 5.74) is 0.922. The molecular weight excluding hydrogens is 312 g/mol. The van der Waals surface area contributed by atoms with Crippen LogP contribution in [-0.4, -0.2) is 41.2 Å². The molecule has 0 aliphatic rings. The predicted molar refractivity (Wildman–Crippen MR) is 80.4 cm³/mol. The van der Waals surface area contributed by atoms with Crippen LogP contribution in [0.5, 0.6) is 0 Å². The van der Waals surface area contributed by atoms with Crippen LogP contribution >= 0.6 is 0 Å². The molecule has 2 N–H and O–H groups in total. The summed E-state index contributed by atoms with van der Waals surface area (Å²) in [6.07, 6.45) is 6.25. The van der Waals surface area contributed by atoms with E-state index in [9.17, 15) is 4.79 Å². The van der Waals surface area contributed by atoms with Crippen LogP contribution in [0.1, 0.15) is 16.4 Å². The van der Waals surface area contributed by atoms with E-state index in [-0.39, 0.29) is 12.3 Å². The summed E-state index contributed by atoms with van der Waals surface area (Å²) in [4.78, 5) is 28.5. The lowest BCUT2D eigenvalue weighted by atomic mass is 10.2. The van der Waals surface area contributed by atoms with Crippen molar-refractivity contribution in [1.29, 1.82) is 0 Å². The minimum atomic E-state index is -0.414. The molecule has 0 unspecified atom stereocenters. The van der Waals surface area contributed by atoms with Gasteiger partial charge < -0.3 is 9.84 Å². The maximum atomic E-state index is 12.2. The van der Waals surface area contributed by atoms with Crippen molar-refractivity contribution in [3.8, 4) is 11.5 Å². The number of nitrogens with one attached hydrogen (secondary N) is 2. The largest absolute Gasteiger partial charge is 0.348 e. The highest BCUT2D eigenvalue weighted by Crippen LogP contribution is 2.15. The summed E-state index contributed by atoms with van der Waals surface area (Å²) in [5, 5.41) is 13.8. The number of amides is 1. The van der Waals surface area contributed by atoms with E-state index in [0.717, 1.165) is 0 Å². The number of rotatable bonds is 4. The lowest BCUT2D eigenvalue weighted by Crippen LogP contribution is -2.23. The van der Waals surface area contributed by atoms with E-state index in [1.54, 1.807) is 36.9 Å². The van der Waals surface area contributed by atoms with Crippen molar-refractivity contribution in [3.05, 3.63) is 48.5 Å². The molecule has 24 heavy (non-hydrogen) atoms. The lowest BCUT2D eigenvalue weighted by Gasteiger charge is -1.99. The second-order valence-corrected chi connectivity index (χ2v) is 4.77. The Kier molecular flexibility index (Phi) is 3.39. The molecule has 0 aliphatic heterocycles. The summed E-state index contributed by atoms with van der Waals surface area (Å²) in [6.45, 7) is 0.147. The van der Waals surface area contributed by atoms with Gasteiger partial charge in [-0.15, -0.1) is 0 Å². The van der Waals surface area contributed by atoms with Crippen LogP contribution in [0.4, 0.5) is 0 Å². The number of hydrogen-bond acceptors (Lipinski definition) is 8. The molecule has 0 saturated heterocycles. The van der Waals surface area contributed by atoms with Crippen molar-refractivity contribution >= 4 is 16.9 Å². The highest BCUT2D eigenvalue weighted by atomic mass is 16.5. The SMILES string of the molecule is O=C(NCc1nc(-c2cnccn2)n[nH]1)c1onc2ncccc12. The number of nitrogens with zero attached hydrogens (tertiary/aromatic N) is 6. The first-order valence-corrected chi connectivity index (χ1v) is 6.97. The van der Waals surface area contributed by atoms with Crippen LogP contribution in [-0.2, 0) is 6.54 Å². The summed E-state index contributed by atoms with van der Waals surface area (Å²) in [7, 11) is 0. The number of fused-ring (bicyclic) bond motifs is 1. The Labute approximate surface area is 134 Å². The average molecular weight is 322 g/mol. The third-order valence-electron chi connectivity index (χ3n) is 3.20. The van der Waals surface area contributed by atoms with Crippen molar-refractivity contribution in [1.82, 2.24) is 40.6 Å². The van der Waals surface area contributed by atoms with Gasteiger partial charge in [0.05, 0.1) is 18.1 Å². The Morgan fingerprint density at radius 1 is 1.25 bits per heavy atom. The number of H-pyrrole nitrogens is 1. The summed E-state index contributed by atoms with van der Waals surface area (Å²) in [6, 6.07) is 3.42. The maximum Gasteiger partial charge on any atom is 0.291 e. The molecule has 0 aromatic carbocycles. The van der Waals surface area contributed by atoms with Crippen molar-refractivity contribution in [2.75, 3.05) is 0 Å². The molecule has 0 bridgehead atoms. The Balaban J connectivity index is 1.47. The van der Waals surface area contributed by atoms with Crippen LogP contribution in [0.15, 0.2) is 41.4 Å². The third-order valence-corrected chi connectivity index (χ3v) is 3.20. The molecule has 4 rings (SSSR count). The Morgan fingerprint density at radius 2 is 2.21 bits per heavy atom. The first-order chi connectivity index (χ1) is 11.8. The molecule has 0 radical (unpaired) electrons. The fraction of sp³-hybridized carbons (Fsp3) is 0.0714. The maximum absolute atomic E-state index is 12.2. The minimum Gasteiger partial charge on any atom is -0.348 e. The lowest BCUT2D eigenvalue weighted by molar-refractivity contribution is 0.0915. The van der Waals surface area contributed by atoms with E-state index in [1.165, 1.54) is 0 Å². The Morgan fingerprint density at radius 3 is 3.08 bits per heavy atom. The van der Waals surface area contributed by atoms with Gasteiger partial charge in [0.1, 0.15) is 11.5 Å². The topological polar surface area (TPSA) is 135 Å². The Bertz CT molecular complexity index is 994. The zero-order valence-corrected chi connectivity index (χ0v) is 12.2. The van der Waals surface area contributed by atoms with Gasteiger partial charge in [-0.1, -0.05) is 5.16 Å². The smallest absolute Gasteiger partial charge is 0.291 e. The molecule has 4 aromatic rings. The molecule has 10 heteroatoms. The van der Waals surface area contributed by atoms with Gasteiger partial charge in [0, 0.05) is 18.6 Å². The number of carbonyl (C=O) groups excluding carboxylic acids is 1. The summed E-state index contributed by atoms with van der Waals surface area (Å²) in [5.74, 6) is 0.572. The van der Waals surface area contributed by atoms with E-state index >= 15 is 0 Å². The van der Waals surface area contributed by atoms with Gasteiger partial charge in [-0.05, 0) is 12.1 Å².